The molecule has 1 aliphatic rings. The number of hydrogen-bond donors (Lipinski definition) is 1. The molecule has 4 aromatic rings. The van der Waals surface area contributed by atoms with Crippen molar-refractivity contribution in [1.29, 1.82) is 0 Å². The molecule has 152 valence electrons. The van der Waals surface area contributed by atoms with E-state index in [4.69, 9.17) is 9.15 Å². The molecule has 2 aromatic carbocycles. The molecule has 5 rings (SSSR count). The third-order valence-corrected chi connectivity index (χ3v) is 5.30. The highest BCUT2D eigenvalue weighted by atomic mass is 19.2. The van der Waals surface area contributed by atoms with Crippen LogP contribution in [0.1, 0.15) is 28.0 Å². The number of aromatic nitrogens is 2. The molecule has 0 radical (unpaired) electrons. The monoisotopic (exact) mass is 411 g/mol. The average molecular weight is 411 g/mol. The second-order valence-electron chi connectivity index (χ2n) is 7.09. The van der Waals surface area contributed by atoms with Crippen LogP contribution in [-0.4, -0.2) is 34.4 Å². The zero-order valence-electron chi connectivity index (χ0n) is 15.7. The number of oxazole rings is 1. The van der Waals surface area contributed by atoms with Gasteiger partial charge in [-0.15, -0.1) is 0 Å². The lowest BCUT2D eigenvalue weighted by Crippen LogP contribution is -2.37. The van der Waals surface area contributed by atoms with Crippen molar-refractivity contribution < 1.29 is 22.7 Å². The largest absolute Gasteiger partial charge is 0.432 e. The Morgan fingerprint density at radius 3 is 2.70 bits per heavy atom. The highest BCUT2D eigenvalue weighted by Crippen LogP contribution is 2.34. The molecule has 1 unspecified atom stereocenters. The van der Waals surface area contributed by atoms with Crippen molar-refractivity contribution >= 4 is 27.8 Å². The third-order valence-electron chi connectivity index (χ3n) is 5.30. The van der Waals surface area contributed by atoms with Gasteiger partial charge in [-0.25, -0.2) is 13.8 Å². The summed E-state index contributed by atoms with van der Waals surface area (Å²) < 4.78 is 38.8. The number of fused-ring (bicyclic) bond motifs is 4. The zero-order chi connectivity index (χ0) is 21.0. The number of H-pyrrole nitrogens is 1. The molecular weight excluding hydrogens is 396 g/mol. The van der Waals surface area contributed by atoms with E-state index >= 15 is 0 Å². The van der Waals surface area contributed by atoms with Gasteiger partial charge in [0, 0.05) is 18.3 Å². The maximum Gasteiger partial charge on any atom is 0.310 e. The molecule has 0 saturated carbocycles. The zero-order valence-corrected chi connectivity index (χ0v) is 15.7. The van der Waals surface area contributed by atoms with E-state index in [1.54, 1.807) is 24.3 Å². The Morgan fingerprint density at radius 1 is 1.20 bits per heavy atom. The predicted molar refractivity (Wildman–Crippen MR) is 103 cm³/mol. The van der Waals surface area contributed by atoms with E-state index < -0.39 is 29.1 Å². The number of amides is 1. The van der Waals surface area contributed by atoms with Gasteiger partial charge in [-0.1, -0.05) is 12.1 Å². The number of carbonyl (C=O) groups excluding carboxylic acids is 1. The van der Waals surface area contributed by atoms with Gasteiger partial charge in [-0.05, 0) is 29.7 Å². The van der Waals surface area contributed by atoms with Crippen molar-refractivity contribution in [2.45, 2.75) is 12.6 Å². The lowest BCUT2D eigenvalue weighted by atomic mass is 9.95. The fourth-order valence-electron chi connectivity index (χ4n) is 3.80. The van der Waals surface area contributed by atoms with Crippen LogP contribution in [0.5, 0.6) is 0 Å². The Morgan fingerprint density at radius 2 is 1.93 bits per heavy atom. The van der Waals surface area contributed by atoms with Crippen LogP contribution in [0, 0.1) is 11.6 Å². The van der Waals surface area contributed by atoms with Crippen LogP contribution >= 0.6 is 0 Å². The maximum atomic E-state index is 14.0. The Bertz CT molecular complexity index is 1350. The smallest absolute Gasteiger partial charge is 0.310 e. The van der Waals surface area contributed by atoms with E-state index in [2.05, 4.69) is 9.97 Å². The molecule has 0 bridgehead atoms. The highest BCUT2D eigenvalue weighted by molar-refractivity contribution is 5.93. The maximum absolute atomic E-state index is 14.0. The number of nitrogens with zero attached hydrogens (tertiary/aromatic N) is 2. The van der Waals surface area contributed by atoms with Gasteiger partial charge in [0.25, 0.3) is 11.4 Å². The van der Waals surface area contributed by atoms with Crippen molar-refractivity contribution in [2.24, 2.45) is 0 Å². The molecule has 30 heavy (non-hydrogen) atoms. The normalized spacial score (nSPS) is 16.0. The van der Waals surface area contributed by atoms with Gasteiger partial charge in [0.05, 0.1) is 24.6 Å². The van der Waals surface area contributed by atoms with E-state index in [0.29, 0.717) is 22.4 Å². The first-order valence-corrected chi connectivity index (χ1v) is 9.18. The molecule has 2 aromatic heterocycles. The fourth-order valence-corrected chi connectivity index (χ4v) is 3.80. The summed E-state index contributed by atoms with van der Waals surface area (Å²) in [7, 11) is 1.54. The second kappa shape index (κ2) is 6.74. The Kier molecular flexibility index (Phi) is 4.14. The molecule has 9 heteroatoms. The molecule has 1 N–H and O–H groups in total. The van der Waals surface area contributed by atoms with Crippen molar-refractivity contribution in [1.82, 2.24) is 14.9 Å². The Hall–Kier alpha value is -3.59. The number of carbonyl (C=O) groups is 1. The van der Waals surface area contributed by atoms with Crippen molar-refractivity contribution in [2.75, 3.05) is 13.7 Å². The molecule has 0 aliphatic carbocycles. The first-order valence-electron chi connectivity index (χ1n) is 9.18. The van der Waals surface area contributed by atoms with Crippen LogP contribution in [0.4, 0.5) is 8.78 Å². The third kappa shape index (κ3) is 2.78. The number of rotatable bonds is 2. The van der Waals surface area contributed by atoms with Crippen molar-refractivity contribution in [3.63, 3.8) is 0 Å². The molecule has 0 fully saturated rings. The first kappa shape index (κ1) is 18.4. The SMILES string of the molecule is CN(C(=O)c1nc2ccccc2o1)C1COCc2[nH]c(=O)c3cc(F)c(F)cc3c21. The van der Waals surface area contributed by atoms with Crippen molar-refractivity contribution in [3.8, 4) is 0 Å². The molecule has 1 amide bonds. The summed E-state index contributed by atoms with van der Waals surface area (Å²) in [4.78, 5) is 33.6. The van der Waals surface area contributed by atoms with Crippen LogP contribution in [0.25, 0.3) is 21.9 Å². The first-order chi connectivity index (χ1) is 14.4. The van der Waals surface area contributed by atoms with Gasteiger partial charge >= 0.3 is 5.91 Å². The Labute approximate surface area is 167 Å². The van der Waals surface area contributed by atoms with Gasteiger partial charge < -0.3 is 19.0 Å². The summed E-state index contributed by atoms with van der Waals surface area (Å²) >= 11 is 0. The van der Waals surface area contributed by atoms with E-state index in [9.17, 15) is 18.4 Å². The summed E-state index contributed by atoms with van der Waals surface area (Å²) in [5.74, 6) is -2.80. The van der Waals surface area contributed by atoms with Gasteiger partial charge in [0.15, 0.2) is 17.2 Å². The number of benzene rings is 2. The van der Waals surface area contributed by atoms with Crippen molar-refractivity contribution in [3.05, 3.63) is 75.5 Å². The number of aromatic amines is 1. The fraction of sp³-hybridized carbons (Fsp3) is 0.190. The lowest BCUT2D eigenvalue weighted by Gasteiger charge is -2.33. The van der Waals surface area contributed by atoms with Gasteiger partial charge in [0.1, 0.15) is 5.52 Å². The quantitative estimate of drug-likeness (QED) is 0.547. The van der Waals surface area contributed by atoms with Crippen LogP contribution < -0.4 is 5.56 Å². The minimum absolute atomic E-state index is 0.00209. The van der Waals surface area contributed by atoms with E-state index in [0.717, 1.165) is 12.1 Å². The van der Waals surface area contributed by atoms with Crippen LogP contribution in [0.15, 0.2) is 45.6 Å². The van der Waals surface area contributed by atoms with E-state index in [1.807, 2.05) is 0 Å². The van der Waals surface area contributed by atoms with Gasteiger partial charge in [-0.3, -0.25) is 9.59 Å². The molecule has 0 saturated heterocycles. The van der Waals surface area contributed by atoms with Crippen LogP contribution in [0.2, 0.25) is 0 Å². The summed E-state index contributed by atoms with van der Waals surface area (Å²) in [5.41, 5.74) is 1.37. The number of likely N-dealkylation sites (N-methyl/N-ethyl adjacent to an activating group) is 1. The van der Waals surface area contributed by atoms with Gasteiger partial charge in [0.2, 0.25) is 0 Å². The molecule has 0 spiro atoms. The number of ether oxygens (including phenoxy) is 1. The van der Waals surface area contributed by atoms with Crippen LogP contribution in [-0.2, 0) is 11.3 Å². The van der Waals surface area contributed by atoms with E-state index in [1.165, 1.54) is 11.9 Å². The van der Waals surface area contributed by atoms with Gasteiger partial charge in [-0.2, -0.15) is 0 Å². The highest BCUT2D eigenvalue weighted by Gasteiger charge is 2.33. The molecule has 7 nitrogen and oxygen atoms in total. The second-order valence-corrected chi connectivity index (χ2v) is 7.09. The minimum Gasteiger partial charge on any atom is -0.432 e. The summed E-state index contributed by atoms with van der Waals surface area (Å²) in [6.07, 6.45) is 0. The number of hydrogen-bond acceptors (Lipinski definition) is 5. The van der Waals surface area contributed by atoms with Crippen LogP contribution in [0.3, 0.4) is 0 Å². The molecular formula is C21H15F2N3O4. The number of nitrogens with one attached hydrogen (secondary N) is 1. The van der Waals surface area contributed by atoms with E-state index in [-0.39, 0.29) is 29.9 Å². The summed E-state index contributed by atoms with van der Waals surface area (Å²) in [6, 6.07) is 8.16. The standard InChI is InChI=1S/C21H15F2N3O4/c1-26(21(28)20-25-14-4-2-3-5-17(14)30-20)16-9-29-8-15-18(16)10-6-12(22)13(23)7-11(10)19(27)24-15/h2-7,16H,8-9H2,1H3,(H,24,27). The lowest BCUT2D eigenvalue weighted by molar-refractivity contribution is 0.0315. The number of halogens is 2. The summed E-state index contributed by atoms with van der Waals surface area (Å²) in [6.45, 7) is 0.191. The molecule has 1 atom stereocenters. The number of pyridine rings is 1. The topological polar surface area (TPSA) is 88.4 Å². The molecule has 3 heterocycles. The Balaban J connectivity index is 1.63. The summed E-state index contributed by atoms with van der Waals surface area (Å²) in [5, 5.41) is 0.237. The predicted octanol–water partition coefficient (Wildman–Crippen LogP) is 3.29. The average Bonchev–Trinajstić information content (AvgIpc) is 3.18. The minimum atomic E-state index is -1.12. The number of para-hydroxylation sites is 2. The molecule has 1 aliphatic heterocycles.